The summed E-state index contributed by atoms with van der Waals surface area (Å²) in [7, 11) is 1.63. The Kier molecular flexibility index (Phi) is 3.79. The molecule has 2 aromatic rings. The van der Waals surface area contributed by atoms with Gasteiger partial charge in [-0.1, -0.05) is 24.3 Å². The van der Waals surface area contributed by atoms with Gasteiger partial charge in [-0.25, -0.2) is 0 Å². The van der Waals surface area contributed by atoms with Gasteiger partial charge in [0.1, 0.15) is 11.2 Å². The molecular formula is C15H19N5O2. The maximum absolute atomic E-state index is 12.6. The van der Waals surface area contributed by atoms with Gasteiger partial charge in [-0.2, -0.15) is 5.21 Å². The predicted octanol–water partition coefficient (Wildman–Crippen LogP) is 1.19. The van der Waals surface area contributed by atoms with E-state index in [-0.39, 0.29) is 5.91 Å². The lowest BCUT2D eigenvalue weighted by molar-refractivity contribution is -0.132. The van der Waals surface area contributed by atoms with Gasteiger partial charge in [0, 0.05) is 6.54 Å². The number of ether oxygens (including phenoxy) is 1. The topological polar surface area (TPSA) is 92.8 Å². The summed E-state index contributed by atoms with van der Waals surface area (Å²) in [5.74, 6) is 1.73. The lowest BCUT2D eigenvalue weighted by atomic mass is 9.61. The van der Waals surface area contributed by atoms with Crippen molar-refractivity contribution < 1.29 is 9.53 Å². The van der Waals surface area contributed by atoms with Crippen molar-refractivity contribution in [1.29, 1.82) is 0 Å². The summed E-state index contributed by atoms with van der Waals surface area (Å²) in [5, 5.41) is 17.0. The van der Waals surface area contributed by atoms with Crippen LogP contribution in [0.4, 0.5) is 0 Å². The molecule has 1 aliphatic rings. The largest absolute Gasteiger partial charge is 0.497 e. The fraction of sp³-hybridized carbons (Fsp3) is 0.467. The molecule has 22 heavy (non-hydrogen) atoms. The summed E-state index contributed by atoms with van der Waals surface area (Å²) >= 11 is 0. The van der Waals surface area contributed by atoms with Crippen LogP contribution in [0.25, 0.3) is 0 Å². The fourth-order valence-corrected chi connectivity index (χ4v) is 3.06. The minimum atomic E-state index is -0.640. The highest BCUT2D eigenvalue weighted by Gasteiger charge is 2.52. The van der Waals surface area contributed by atoms with Crippen LogP contribution in [-0.4, -0.2) is 33.6 Å². The van der Waals surface area contributed by atoms with E-state index in [2.05, 4.69) is 32.9 Å². The third kappa shape index (κ3) is 2.54. The van der Waals surface area contributed by atoms with E-state index in [0.717, 1.165) is 24.2 Å². The molecule has 3 rings (SSSR count). The molecule has 1 aliphatic carbocycles. The zero-order valence-corrected chi connectivity index (χ0v) is 12.7. The molecule has 0 aliphatic heterocycles. The first-order valence-corrected chi connectivity index (χ1v) is 7.29. The molecule has 2 N–H and O–H groups in total. The number of aromatic nitrogens is 4. The fourth-order valence-electron chi connectivity index (χ4n) is 3.06. The molecule has 7 heteroatoms. The van der Waals surface area contributed by atoms with Crippen LogP contribution >= 0.6 is 0 Å². The van der Waals surface area contributed by atoms with Gasteiger partial charge in [0.15, 0.2) is 5.82 Å². The molecule has 1 aromatic heterocycles. The van der Waals surface area contributed by atoms with Crippen molar-refractivity contribution in [3.8, 4) is 5.75 Å². The second-order valence-corrected chi connectivity index (χ2v) is 5.86. The van der Waals surface area contributed by atoms with Gasteiger partial charge in [0.2, 0.25) is 5.91 Å². The summed E-state index contributed by atoms with van der Waals surface area (Å²) in [6, 6.07) is 7.62. The van der Waals surface area contributed by atoms with Crippen molar-refractivity contribution >= 4 is 5.91 Å². The molecule has 1 fully saturated rings. The summed E-state index contributed by atoms with van der Waals surface area (Å²) in [6.07, 6.45) is 1.50. The highest BCUT2D eigenvalue weighted by atomic mass is 16.5. The highest BCUT2D eigenvalue weighted by Crippen LogP contribution is 2.46. The Morgan fingerprint density at radius 1 is 1.41 bits per heavy atom. The molecule has 0 radical (unpaired) electrons. The van der Waals surface area contributed by atoms with Crippen LogP contribution in [0.5, 0.6) is 5.75 Å². The molecule has 116 valence electrons. The highest BCUT2D eigenvalue weighted by molar-refractivity contribution is 5.88. The van der Waals surface area contributed by atoms with E-state index < -0.39 is 5.41 Å². The number of nitrogens with zero attached hydrogens (tertiary/aromatic N) is 3. The monoisotopic (exact) mass is 301 g/mol. The number of methoxy groups -OCH3 is 1. The van der Waals surface area contributed by atoms with E-state index in [0.29, 0.717) is 18.3 Å². The van der Waals surface area contributed by atoms with Crippen LogP contribution in [0.15, 0.2) is 24.3 Å². The number of nitrogens with one attached hydrogen (secondary N) is 2. The second kappa shape index (κ2) is 5.75. The van der Waals surface area contributed by atoms with E-state index in [1.807, 2.05) is 24.3 Å². The summed E-state index contributed by atoms with van der Waals surface area (Å²) in [5.41, 5.74) is 0.378. The van der Waals surface area contributed by atoms with Crippen LogP contribution in [-0.2, 0) is 16.8 Å². The van der Waals surface area contributed by atoms with Crippen molar-refractivity contribution in [2.75, 3.05) is 7.11 Å². The number of carbonyl (C=O) groups excluding carboxylic acids is 1. The Morgan fingerprint density at radius 2 is 2.14 bits per heavy atom. The number of carbonyl (C=O) groups is 1. The molecule has 1 heterocycles. The van der Waals surface area contributed by atoms with Crippen LogP contribution in [0.1, 0.15) is 31.2 Å². The van der Waals surface area contributed by atoms with Crippen LogP contribution in [0.3, 0.4) is 0 Å². The van der Waals surface area contributed by atoms with Gasteiger partial charge in [0.25, 0.3) is 0 Å². The first-order chi connectivity index (χ1) is 10.6. The summed E-state index contributed by atoms with van der Waals surface area (Å²) < 4.78 is 5.12. The normalized spacial score (nSPS) is 23.6. The van der Waals surface area contributed by atoms with Crippen molar-refractivity contribution in [2.45, 2.75) is 31.7 Å². The molecule has 1 aromatic carbocycles. The smallest absolute Gasteiger partial charge is 0.234 e. The Labute approximate surface area is 128 Å². The molecule has 0 spiro atoms. The van der Waals surface area contributed by atoms with Gasteiger partial charge in [0.05, 0.1) is 7.11 Å². The van der Waals surface area contributed by atoms with Crippen LogP contribution in [0.2, 0.25) is 0 Å². The van der Waals surface area contributed by atoms with Gasteiger partial charge >= 0.3 is 0 Å². The quantitative estimate of drug-likeness (QED) is 0.865. The van der Waals surface area contributed by atoms with Gasteiger partial charge in [-0.05, 0) is 36.5 Å². The zero-order valence-electron chi connectivity index (χ0n) is 12.7. The van der Waals surface area contributed by atoms with Gasteiger partial charge in [-0.15, -0.1) is 10.2 Å². The number of hydrogen-bond donors (Lipinski definition) is 2. The standard InChI is InChI=1S/C15H19N5O2/c1-10-7-15(8-10,13-17-19-20-18-13)14(21)16-9-11-3-5-12(22-2)6-4-11/h3-6,10H,7-9H2,1-2H3,(H,16,21)(H,17,18,19,20). The Hall–Kier alpha value is -2.44. The zero-order chi connectivity index (χ0) is 15.6. The molecule has 0 unspecified atom stereocenters. The van der Waals surface area contributed by atoms with Crippen LogP contribution in [0, 0.1) is 5.92 Å². The first kappa shape index (κ1) is 14.5. The number of amides is 1. The lowest BCUT2D eigenvalue weighted by Crippen LogP contribution is -2.53. The van der Waals surface area contributed by atoms with E-state index >= 15 is 0 Å². The average molecular weight is 301 g/mol. The number of hydrogen-bond acceptors (Lipinski definition) is 5. The predicted molar refractivity (Wildman–Crippen MR) is 79.1 cm³/mol. The number of aromatic amines is 1. The maximum atomic E-state index is 12.6. The van der Waals surface area contributed by atoms with Crippen LogP contribution < -0.4 is 10.1 Å². The molecular weight excluding hydrogens is 282 g/mol. The molecule has 7 nitrogen and oxygen atoms in total. The molecule has 0 bridgehead atoms. The van der Waals surface area contributed by atoms with Crippen molar-refractivity contribution in [2.24, 2.45) is 5.92 Å². The molecule has 1 saturated carbocycles. The summed E-state index contributed by atoms with van der Waals surface area (Å²) in [6.45, 7) is 2.59. The minimum Gasteiger partial charge on any atom is -0.497 e. The van der Waals surface area contributed by atoms with Gasteiger partial charge in [-0.3, -0.25) is 4.79 Å². The molecule has 0 saturated heterocycles. The van der Waals surface area contributed by atoms with Crippen molar-refractivity contribution in [3.05, 3.63) is 35.7 Å². The Balaban J connectivity index is 1.67. The number of rotatable bonds is 5. The summed E-state index contributed by atoms with van der Waals surface area (Å²) in [4.78, 5) is 12.6. The lowest BCUT2D eigenvalue weighted by Gasteiger charge is -2.42. The molecule has 0 atom stereocenters. The van der Waals surface area contributed by atoms with Crippen molar-refractivity contribution in [1.82, 2.24) is 25.9 Å². The van der Waals surface area contributed by atoms with Crippen molar-refractivity contribution in [3.63, 3.8) is 0 Å². The van der Waals surface area contributed by atoms with E-state index in [4.69, 9.17) is 4.74 Å². The van der Waals surface area contributed by atoms with Gasteiger partial charge < -0.3 is 10.1 Å². The van der Waals surface area contributed by atoms with E-state index in [9.17, 15) is 4.79 Å². The second-order valence-electron chi connectivity index (χ2n) is 5.86. The molecule has 1 amide bonds. The third-order valence-corrected chi connectivity index (χ3v) is 4.21. The minimum absolute atomic E-state index is 0.0391. The third-order valence-electron chi connectivity index (χ3n) is 4.21. The average Bonchev–Trinajstić information content (AvgIpc) is 3.04. The van der Waals surface area contributed by atoms with E-state index in [1.165, 1.54) is 0 Å². The number of benzene rings is 1. The maximum Gasteiger partial charge on any atom is 0.234 e. The first-order valence-electron chi connectivity index (χ1n) is 7.29. The van der Waals surface area contributed by atoms with E-state index in [1.54, 1.807) is 7.11 Å². The SMILES string of the molecule is COc1ccc(CNC(=O)C2(c3nn[nH]n3)CC(C)C2)cc1. The Bertz CT molecular complexity index is 632. The Morgan fingerprint density at radius 3 is 2.68 bits per heavy atom. The number of H-pyrrole nitrogens is 1. The number of tetrazole rings is 1.